The molecule has 0 aliphatic heterocycles. The highest BCUT2D eigenvalue weighted by atomic mass is 16.5. The average Bonchev–Trinajstić information content (AvgIpc) is 2.46. The van der Waals surface area contributed by atoms with Crippen molar-refractivity contribution in [2.75, 3.05) is 14.2 Å². The topological polar surface area (TPSA) is 90.3 Å². The zero-order chi connectivity index (χ0) is 15.6. The van der Waals surface area contributed by atoms with Crippen LogP contribution >= 0.6 is 0 Å². The minimum Gasteiger partial charge on any atom is -0.493 e. The lowest BCUT2D eigenvalue weighted by molar-refractivity contribution is 0.355. The fourth-order valence-electron chi connectivity index (χ4n) is 2.09. The number of nitrogen functional groups attached to an aromatic ring is 1. The van der Waals surface area contributed by atoms with Crippen LogP contribution in [0.5, 0.6) is 11.5 Å². The van der Waals surface area contributed by atoms with Crippen molar-refractivity contribution < 1.29 is 9.47 Å². The van der Waals surface area contributed by atoms with Crippen molar-refractivity contribution in [2.45, 2.75) is 6.92 Å². The summed E-state index contributed by atoms with van der Waals surface area (Å²) in [7, 11) is 3.12. The second kappa shape index (κ2) is 5.70. The Balaban J connectivity index is 2.64. The Hall–Kier alpha value is -2.76. The number of nitrogens with two attached hydrogens (primary N) is 1. The number of aryl methyl sites for hydroxylation is 1. The summed E-state index contributed by atoms with van der Waals surface area (Å²) in [6, 6.07) is 6.86. The van der Waals surface area contributed by atoms with Gasteiger partial charge in [-0.15, -0.1) is 0 Å². The summed E-state index contributed by atoms with van der Waals surface area (Å²) in [5.41, 5.74) is 6.85. The molecule has 0 amide bonds. The molecule has 2 aromatic rings. The second-order valence-corrected chi connectivity index (χ2v) is 4.52. The lowest BCUT2D eigenvalue weighted by Gasteiger charge is -2.15. The summed E-state index contributed by atoms with van der Waals surface area (Å²) in [6.07, 6.45) is 1.56. The van der Waals surface area contributed by atoms with Gasteiger partial charge in [-0.25, -0.2) is 0 Å². The average molecular weight is 287 g/mol. The van der Waals surface area contributed by atoms with Gasteiger partial charge in [0.15, 0.2) is 16.9 Å². The van der Waals surface area contributed by atoms with Gasteiger partial charge in [0.05, 0.1) is 19.8 Å². The predicted molar refractivity (Wildman–Crippen MR) is 80.9 cm³/mol. The Bertz CT molecular complexity index is 750. The number of ether oxygens (including phenoxy) is 2. The molecule has 1 aromatic carbocycles. The predicted octanol–water partition coefficient (Wildman–Crippen LogP) is 1.45. The minimum atomic E-state index is -0.267. The van der Waals surface area contributed by atoms with E-state index >= 15 is 0 Å². The number of hydrogen-bond acceptors (Lipinski definition) is 4. The molecule has 1 heterocycles. The Morgan fingerprint density at radius 2 is 1.86 bits per heavy atom. The number of aromatic nitrogens is 1. The molecule has 0 bridgehead atoms. The largest absolute Gasteiger partial charge is 0.493 e. The molecule has 6 heteroatoms. The van der Waals surface area contributed by atoms with Crippen molar-refractivity contribution in [1.82, 2.24) is 4.57 Å². The first-order chi connectivity index (χ1) is 9.97. The number of amidine groups is 1. The third-order valence-corrected chi connectivity index (χ3v) is 3.18. The molecular formula is C15H17N3O3. The molecule has 3 N–H and O–H groups in total. The maximum absolute atomic E-state index is 11.8. The van der Waals surface area contributed by atoms with Crippen LogP contribution in [0.15, 0.2) is 35.3 Å². The first-order valence-electron chi connectivity index (χ1n) is 6.28. The Labute approximate surface area is 122 Å². The molecule has 21 heavy (non-hydrogen) atoms. The van der Waals surface area contributed by atoms with E-state index in [-0.39, 0.29) is 16.8 Å². The maximum Gasteiger partial charge on any atom is 0.192 e. The van der Waals surface area contributed by atoms with Crippen molar-refractivity contribution >= 4 is 5.84 Å². The fraction of sp³-hybridized carbons (Fsp3) is 0.200. The molecule has 0 saturated carbocycles. The van der Waals surface area contributed by atoms with Crippen molar-refractivity contribution in [2.24, 2.45) is 5.73 Å². The van der Waals surface area contributed by atoms with E-state index in [0.29, 0.717) is 11.5 Å². The van der Waals surface area contributed by atoms with Gasteiger partial charge in [0.2, 0.25) is 0 Å². The number of pyridine rings is 1. The van der Waals surface area contributed by atoms with Crippen molar-refractivity contribution in [3.8, 4) is 17.2 Å². The van der Waals surface area contributed by atoms with Crippen LogP contribution in [0.2, 0.25) is 0 Å². The van der Waals surface area contributed by atoms with E-state index in [0.717, 1.165) is 11.4 Å². The van der Waals surface area contributed by atoms with Gasteiger partial charge in [0, 0.05) is 29.7 Å². The summed E-state index contributed by atoms with van der Waals surface area (Å²) in [5, 5.41) is 7.47. The van der Waals surface area contributed by atoms with E-state index < -0.39 is 0 Å². The summed E-state index contributed by atoms with van der Waals surface area (Å²) in [4.78, 5) is 11.8. The summed E-state index contributed by atoms with van der Waals surface area (Å²) in [6.45, 7) is 1.81. The van der Waals surface area contributed by atoms with Crippen molar-refractivity contribution in [1.29, 1.82) is 5.41 Å². The van der Waals surface area contributed by atoms with E-state index in [4.69, 9.17) is 20.6 Å². The standard InChI is InChI=1S/C15H17N3O3/c1-9-6-12(19)11(15(16)17)8-18(9)10-4-5-13(20-2)14(7-10)21-3/h4-8H,1-3H3,(H3,16,17). The smallest absolute Gasteiger partial charge is 0.192 e. The molecule has 1 aromatic heterocycles. The molecule has 0 fully saturated rings. The van der Waals surface area contributed by atoms with Gasteiger partial charge in [0.1, 0.15) is 5.84 Å². The van der Waals surface area contributed by atoms with Gasteiger partial charge in [-0.05, 0) is 19.1 Å². The third-order valence-electron chi connectivity index (χ3n) is 3.18. The van der Waals surface area contributed by atoms with E-state index in [1.807, 2.05) is 13.0 Å². The molecule has 0 unspecified atom stereocenters. The summed E-state index contributed by atoms with van der Waals surface area (Å²) >= 11 is 0. The highest BCUT2D eigenvalue weighted by Gasteiger charge is 2.10. The molecule has 6 nitrogen and oxygen atoms in total. The number of benzene rings is 1. The lowest BCUT2D eigenvalue weighted by Crippen LogP contribution is -2.23. The van der Waals surface area contributed by atoms with E-state index in [1.165, 1.54) is 6.07 Å². The molecule has 110 valence electrons. The van der Waals surface area contributed by atoms with E-state index in [1.54, 1.807) is 37.1 Å². The van der Waals surface area contributed by atoms with Crippen molar-refractivity contribution in [3.05, 3.63) is 51.9 Å². The quantitative estimate of drug-likeness (QED) is 0.657. The maximum atomic E-state index is 11.8. The van der Waals surface area contributed by atoms with Crippen LogP contribution in [0.3, 0.4) is 0 Å². The number of rotatable bonds is 4. The first-order valence-corrected chi connectivity index (χ1v) is 6.28. The highest BCUT2D eigenvalue weighted by molar-refractivity contribution is 5.94. The van der Waals surface area contributed by atoms with Gasteiger partial charge < -0.3 is 19.8 Å². The molecule has 2 rings (SSSR count). The van der Waals surface area contributed by atoms with Crippen LogP contribution in [0, 0.1) is 12.3 Å². The lowest BCUT2D eigenvalue weighted by atomic mass is 10.2. The van der Waals surface area contributed by atoms with E-state index in [2.05, 4.69) is 0 Å². The zero-order valence-electron chi connectivity index (χ0n) is 12.1. The van der Waals surface area contributed by atoms with Crippen LogP contribution in [-0.2, 0) is 0 Å². The fourth-order valence-corrected chi connectivity index (χ4v) is 2.09. The van der Waals surface area contributed by atoms with Crippen LogP contribution in [0.4, 0.5) is 0 Å². The monoisotopic (exact) mass is 287 g/mol. The Morgan fingerprint density at radius 1 is 1.19 bits per heavy atom. The molecule has 0 spiro atoms. The minimum absolute atomic E-state index is 0.162. The van der Waals surface area contributed by atoms with Gasteiger partial charge in [-0.3, -0.25) is 10.2 Å². The third kappa shape index (κ3) is 2.74. The van der Waals surface area contributed by atoms with Crippen molar-refractivity contribution in [3.63, 3.8) is 0 Å². The van der Waals surface area contributed by atoms with Gasteiger partial charge in [-0.1, -0.05) is 0 Å². The van der Waals surface area contributed by atoms with Gasteiger partial charge in [0.25, 0.3) is 0 Å². The Morgan fingerprint density at radius 3 is 2.43 bits per heavy atom. The molecule has 0 atom stereocenters. The number of nitrogens with zero attached hydrogens (tertiary/aromatic N) is 1. The normalized spacial score (nSPS) is 10.2. The second-order valence-electron chi connectivity index (χ2n) is 4.52. The summed E-state index contributed by atoms with van der Waals surface area (Å²) < 4.78 is 12.3. The Kier molecular flexibility index (Phi) is 3.98. The molecule has 0 radical (unpaired) electrons. The molecule has 0 aliphatic rings. The number of methoxy groups -OCH3 is 2. The van der Waals surface area contributed by atoms with Crippen LogP contribution in [0.25, 0.3) is 5.69 Å². The molecular weight excluding hydrogens is 270 g/mol. The van der Waals surface area contributed by atoms with Crippen LogP contribution in [0.1, 0.15) is 11.3 Å². The van der Waals surface area contributed by atoms with Crippen LogP contribution in [-0.4, -0.2) is 24.6 Å². The van der Waals surface area contributed by atoms with Crippen LogP contribution < -0.4 is 20.6 Å². The van der Waals surface area contributed by atoms with E-state index in [9.17, 15) is 4.79 Å². The zero-order valence-corrected chi connectivity index (χ0v) is 12.1. The highest BCUT2D eigenvalue weighted by Crippen LogP contribution is 2.29. The number of nitrogens with one attached hydrogen (secondary N) is 1. The molecule has 0 saturated heterocycles. The molecule has 0 aliphatic carbocycles. The first kappa shape index (κ1) is 14.6. The SMILES string of the molecule is COc1ccc(-n2cc(C(=N)N)c(=O)cc2C)cc1OC. The summed E-state index contributed by atoms with van der Waals surface area (Å²) in [5.74, 6) is 0.943. The van der Waals surface area contributed by atoms with Gasteiger partial charge >= 0.3 is 0 Å². The van der Waals surface area contributed by atoms with Gasteiger partial charge in [-0.2, -0.15) is 0 Å². The number of hydrogen-bond donors (Lipinski definition) is 2.